The molecule has 1 spiro atoms. The van der Waals surface area contributed by atoms with E-state index in [9.17, 15) is 14.4 Å². The fourth-order valence-electron chi connectivity index (χ4n) is 7.06. The van der Waals surface area contributed by atoms with Gasteiger partial charge in [0.25, 0.3) is 0 Å². The number of fused-ring (bicyclic) bond motifs is 2. The summed E-state index contributed by atoms with van der Waals surface area (Å²) in [5.41, 5.74) is 1.35. The lowest BCUT2D eigenvalue weighted by molar-refractivity contribution is -0.142. The number of amides is 3. The number of benzene rings is 2. The molecule has 2 aromatic carbocycles. The predicted octanol–water partition coefficient (Wildman–Crippen LogP) is 3.46. The maximum absolute atomic E-state index is 14.2. The number of nitrogens with zero attached hydrogens (tertiary/aromatic N) is 1. The first-order valence-electron chi connectivity index (χ1n) is 14.2. The summed E-state index contributed by atoms with van der Waals surface area (Å²) in [5.74, 6) is -1.05. The van der Waals surface area contributed by atoms with Gasteiger partial charge in [-0.1, -0.05) is 55.2 Å². The largest absolute Gasteiger partial charge is 0.454 e. The number of ether oxygens (including phenoxy) is 3. The molecule has 1 aliphatic carbocycles. The number of hydrogen-bond donors (Lipinski definition) is 2. The molecule has 2 aromatic rings. The molecule has 2 bridgehead atoms. The van der Waals surface area contributed by atoms with E-state index in [4.69, 9.17) is 14.2 Å². The number of nitrogens with one attached hydrogen (secondary N) is 2. The number of carbonyl (C=O) groups is 3. The summed E-state index contributed by atoms with van der Waals surface area (Å²) < 4.78 is 17.5. The molecule has 0 radical (unpaired) electrons. The Morgan fingerprint density at radius 2 is 1.77 bits per heavy atom. The lowest BCUT2D eigenvalue weighted by Gasteiger charge is -2.34. The Morgan fingerprint density at radius 1 is 1.00 bits per heavy atom. The quantitative estimate of drug-likeness (QED) is 0.541. The third kappa shape index (κ3) is 4.06. The van der Waals surface area contributed by atoms with Crippen LogP contribution in [0.15, 0.2) is 54.6 Å². The van der Waals surface area contributed by atoms with Crippen LogP contribution in [0, 0.1) is 18.8 Å². The van der Waals surface area contributed by atoms with Gasteiger partial charge in [-0.05, 0) is 49.6 Å². The molecule has 3 amide bonds. The number of rotatable bonds is 6. The van der Waals surface area contributed by atoms with Crippen molar-refractivity contribution in [1.82, 2.24) is 10.2 Å². The summed E-state index contributed by atoms with van der Waals surface area (Å²) in [6.07, 6.45) is 8.28. The minimum Gasteiger partial charge on any atom is -0.454 e. The average molecular weight is 544 g/mol. The van der Waals surface area contributed by atoms with Crippen molar-refractivity contribution < 1.29 is 28.6 Å². The Balaban J connectivity index is 1.21. The summed E-state index contributed by atoms with van der Waals surface area (Å²) in [6, 6.07) is 12.2. The second-order valence-electron chi connectivity index (χ2n) is 11.6. The maximum atomic E-state index is 14.2. The number of likely N-dealkylation sites (tertiary alicyclic amines) is 1. The Labute approximate surface area is 232 Å². The fraction of sp³-hybridized carbons (Fsp3) is 0.452. The number of aryl methyl sites for hydroxylation is 1. The van der Waals surface area contributed by atoms with Gasteiger partial charge in [-0.3, -0.25) is 14.4 Å². The van der Waals surface area contributed by atoms with Crippen molar-refractivity contribution in [2.24, 2.45) is 11.8 Å². The van der Waals surface area contributed by atoms with Crippen LogP contribution in [-0.2, 0) is 25.7 Å². The molecule has 208 valence electrons. The Bertz CT molecular complexity index is 1380. The van der Waals surface area contributed by atoms with E-state index in [1.165, 1.54) is 6.42 Å². The predicted molar refractivity (Wildman–Crippen MR) is 145 cm³/mol. The van der Waals surface area contributed by atoms with Crippen LogP contribution in [0.25, 0.3) is 0 Å². The molecule has 4 heterocycles. The van der Waals surface area contributed by atoms with Gasteiger partial charge in [0.05, 0.1) is 17.9 Å². The summed E-state index contributed by atoms with van der Waals surface area (Å²) in [5, 5.41) is 6.20. The normalized spacial score (nSPS) is 30.0. The van der Waals surface area contributed by atoms with Crippen LogP contribution in [0.5, 0.6) is 11.5 Å². The lowest BCUT2D eigenvalue weighted by atomic mass is 9.74. The highest BCUT2D eigenvalue weighted by molar-refractivity contribution is 6.02. The Hall–Kier alpha value is -3.85. The van der Waals surface area contributed by atoms with E-state index < -0.39 is 29.6 Å². The average Bonchev–Trinajstić information content (AvgIpc) is 3.71. The Morgan fingerprint density at radius 3 is 2.58 bits per heavy atom. The second-order valence-corrected chi connectivity index (χ2v) is 11.6. The molecule has 1 saturated carbocycles. The highest BCUT2D eigenvalue weighted by Gasteiger charge is 2.72. The second kappa shape index (κ2) is 9.66. The molecule has 5 aliphatic rings. The van der Waals surface area contributed by atoms with Crippen LogP contribution < -0.4 is 20.1 Å². The van der Waals surface area contributed by atoms with Gasteiger partial charge in [0.15, 0.2) is 11.5 Å². The van der Waals surface area contributed by atoms with Crippen LogP contribution in [0.2, 0.25) is 0 Å². The minimum atomic E-state index is -1.20. The molecule has 2 saturated heterocycles. The molecule has 0 unspecified atom stereocenters. The van der Waals surface area contributed by atoms with Gasteiger partial charge in [-0.15, -0.1) is 0 Å². The monoisotopic (exact) mass is 543 g/mol. The van der Waals surface area contributed by atoms with Crippen LogP contribution in [0.1, 0.15) is 43.2 Å². The summed E-state index contributed by atoms with van der Waals surface area (Å²) >= 11 is 0. The van der Waals surface area contributed by atoms with Crippen molar-refractivity contribution >= 4 is 23.4 Å². The fourth-order valence-corrected chi connectivity index (χ4v) is 7.06. The molecule has 0 aromatic heterocycles. The van der Waals surface area contributed by atoms with E-state index in [0.29, 0.717) is 17.2 Å². The molecular weight excluding hydrogens is 510 g/mol. The van der Waals surface area contributed by atoms with Gasteiger partial charge in [-0.25, -0.2) is 0 Å². The van der Waals surface area contributed by atoms with Gasteiger partial charge in [0.1, 0.15) is 11.6 Å². The molecule has 4 aliphatic heterocycles. The molecule has 5 atom stereocenters. The smallest absolute Gasteiger partial charge is 0.246 e. The van der Waals surface area contributed by atoms with Crippen molar-refractivity contribution in [1.29, 1.82) is 0 Å². The van der Waals surface area contributed by atoms with E-state index in [0.717, 1.165) is 36.8 Å². The van der Waals surface area contributed by atoms with Crippen LogP contribution in [0.4, 0.5) is 5.69 Å². The van der Waals surface area contributed by atoms with E-state index in [2.05, 4.69) is 10.6 Å². The highest BCUT2D eigenvalue weighted by Crippen LogP contribution is 2.55. The van der Waals surface area contributed by atoms with E-state index >= 15 is 0 Å². The van der Waals surface area contributed by atoms with Crippen molar-refractivity contribution in [2.45, 2.75) is 69.4 Å². The Kier molecular flexibility index (Phi) is 6.07. The lowest BCUT2D eigenvalue weighted by Crippen LogP contribution is -2.56. The minimum absolute atomic E-state index is 0.0717. The first-order valence-corrected chi connectivity index (χ1v) is 14.2. The van der Waals surface area contributed by atoms with Gasteiger partial charge in [-0.2, -0.15) is 0 Å². The van der Waals surface area contributed by atoms with E-state index in [1.807, 2.05) is 61.5 Å². The van der Waals surface area contributed by atoms with Crippen molar-refractivity contribution in [2.75, 3.05) is 12.1 Å². The third-order valence-corrected chi connectivity index (χ3v) is 8.99. The number of carbonyl (C=O) groups excluding carboxylic acids is 3. The van der Waals surface area contributed by atoms with Gasteiger partial charge in [0.2, 0.25) is 24.5 Å². The van der Waals surface area contributed by atoms with E-state index in [1.54, 1.807) is 4.90 Å². The van der Waals surface area contributed by atoms with Crippen molar-refractivity contribution in [3.63, 3.8) is 0 Å². The van der Waals surface area contributed by atoms with Crippen LogP contribution in [-0.4, -0.2) is 53.2 Å². The standard InChI is InChI=1S/C31H33N3O6/c1-18-7-10-21(11-8-18)32-28(35)25-23-13-14-31(40-23)26(25)30(37)34(16-19-9-12-22-24(15-19)39-17-38-22)27(31)29(36)33-20-5-3-2-4-6-20/h7-15,20,23,25-27H,2-6,16-17H2,1H3,(H,32,35)(H,33,36)/t23-,25-,26-,27-,31-/m0/s1. The van der Waals surface area contributed by atoms with Gasteiger partial charge in [0, 0.05) is 18.3 Å². The molecule has 9 heteroatoms. The van der Waals surface area contributed by atoms with Crippen molar-refractivity contribution in [3.05, 3.63) is 65.7 Å². The van der Waals surface area contributed by atoms with Gasteiger partial charge >= 0.3 is 0 Å². The zero-order valence-electron chi connectivity index (χ0n) is 22.4. The molecule has 3 fully saturated rings. The molecule has 2 N–H and O–H groups in total. The molecular formula is C31H33N3O6. The zero-order chi connectivity index (χ0) is 27.4. The van der Waals surface area contributed by atoms with E-state index in [-0.39, 0.29) is 37.1 Å². The number of anilines is 1. The first kappa shape index (κ1) is 25.1. The summed E-state index contributed by atoms with van der Waals surface area (Å²) in [4.78, 5) is 43.5. The molecule has 40 heavy (non-hydrogen) atoms. The number of hydrogen-bond acceptors (Lipinski definition) is 6. The summed E-state index contributed by atoms with van der Waals surface area (Å²) in [7, 11) is 0. The topological polar surface area (TPSA) is 106 Å². The first-order chi connectivity index (χ1) is 19.4. The van der Waals surface area contributed by atoms with Crippen LogP contribution in [0.3, 0.4) is 0 Å². The third-order valence-electron chi connectivity index (χ3n) is 8.99. The molecule has 9 nitrogen and oxygen atoms in total. The van der Waals surface area contributed by atoms with Gasteiger partial charge < -0.3 is 29.7 Å². The molecule has 7 rings (SSSR count). The zero-order valence-corrected chi connectivity index (χ0v) is 22.4. The maximum Gasteiger partial charge on any atom is 0.246 e. The SMILES string of the molecule is Cc1ccc(NC(=O)[C@H]2[C@@H]3C=C[C@]4(O3)[C@@H]2C(=O)N(Cc2ccc3c(c2)OCO3)[C@H]4C(=O)NC2CCCCC2)cc1. The highest BCUT2D eigenvalue weighted by atomic mass is 16.7. The summed E-state index contributed by atoms with van der Waals surface area (Å²) in [6.45, 7) is 2.32. The van der Waals surface area contributed by atoms with Crippen molar-refractivity contribution in [3.8, 4) is 11.5 Å². The van der Waals surface area contributed by atoms with Crippen LogP contribution >= 0.6 is 0 Å².